The van der Waals surface area contributed by atoms with Crippen LogP contribution in [-0.2, 0) is 6.54 Å². The van der Waals surface area contributed by atoms with Gasteiger partial charge in [0, 0.05) is 6.04 Å². The largest absolute Gasteiger partial charge is 0.467 e. The van der Waals surface area contributed by atoms with E-state index in [2.05, 4.69) is 10.6 Å². The summed E-state index contributed by atoms with van der Waals surface area (Å²) in [5.74, 6) is 0.699. The van der Waals surface area contributed by atoms with Crippen LogP contribution in [0.5, 0.6) is 0 Å². The molecule has 1 fully saturated rings. The maximum absolute atomic E-state index is 12.8. The Bertz CT molecular complexity index is 340. The van der Waals surface area contributed by atoms with Crippen molar-refractivity contribution in [2.45, 2.75) is 38.0 Å². The monoisotopic (exact) mass is 226 g/mol. The Morgan fingerprint density at radius 2 is 2.44 bits per heavy atom. The number of urea groups is 1. The van der Waals surface area contributed by atoms with Gasteiger partial charge in [-0.25, -0.2) is 9.18 Å². The molecule has 2 N–H and O–H groups in total. The molecule has 2 amide bonds. The van der Waals surface area contributed by atoms with Crippen LogP contribution >= 0.6 is 0 Å². The molecule has 1 heterocycles. The Balaban J connectivity index is 1.68. The van der Waals surface area contributed by atoms with Crippen LogP contribution in [0.4, 0.5) is 9.18 Å². The van der Waals surface area contributed by atoms with Gasteiger partial charge in [0.2, 0.25) is 0 Å². The van der Waals surface area contributed by atoms with Crippen molar-refractivity contribution in [3.05, 3.63) is 24.2 Å². The highest BCUT2D eigenvalue weighted by molar-refractivity contribution is 5.74. The molecule has 1 aromatic heterocycles. The van der Waals surface area contributed by atoms with Crippen molar-refractivity contribution in [1.29, 1.82) is 0 Å². The van der Waals surface area contributed by atoms with E-state index < -0.39 is 6.17 Å². The fourth-order valence-electron chi connectivity index (χ4n) is 1.87. The highest BCUT2D eigenvalue weighted by Crippen LogP contribution is 2.21. The number of carbonyl (C=O) groups excluding carboxylic acids is 1. The average Bonchev–Trinajstić information content (AvgIpc) is 2.87. The summed E-state index contributed by atoms with van der Waals surface area (Å²) in [5, 5.41) is 5.40. The summed E-state index contributed by atoms with van der Waals surface area (Å²) in [6, 6.07) is 3.25. The van der Waals surface area contributed by atoms with E-state index >= 15 is 0 Å². The molecule has 1 aliphatic carbocycles. The van der Waals surface area contributed by atoms with Crippen molar-refractivity contribution in [3.8, 4) is 0 Å². The average molecular weight is 226 g/mol. The molecule has 2 unspecified atom stereocenters. The van der Waals surface area contributed by atoms with E-state index in [0.29, 0.717) is 25.1 Å². The number of hydrogen-bond donors (Lipinski definition) is 2. The third-order valence-electron chi connectivity index (χ3n) is 2.71. The number of furan rings is 1. The quantitative estimate of drug-likeness (QED) is 0.827. The van der Waals surface area contributed by atoms with Crippen LogP contribution in [0.1, 0.15) is 25.0 Å². The lowest BCUT2D eigenvalue weighted by Crippen LogP contribution is -2.40. The molecule has 0 radical (unpaired) electrons. The lowest BCUT2D eigenvalue weighted by molar-refractivity contribution is 0.235. The topological polar surface area (TPSA) is 54.3 Å². The van der Waals surface area contributed by atoms with Gasteiger partial charge in [0.1, 0.15) is 11.9 Å². The number of nitrogens with one attached hydrogen (secondary N) is 2. The predicted molar refractivity (Wildman–Crippen MR) is 56.6 cm³/mol. The van der Waals surface area contributed by atoms with Crippen LogP contribution in [0.25, 0.3) is 0 Å². The zero-order chi connectivity index (χ0) is 11.4. The van der Waals surface area contributed by atoms with Crippen molar-refractivity contribution < 1.29 is 13.6 Å². The SMILES string of the molecule is O=C(NCc1ccco1)NC1CCC(F)C1. The molecule has 0 aromatic carbocycles. The fraction of sp³-hybridized carbons (Fsp3) is 0.545. The minimum absolute atomic E-state index is 0.0356. The fourth-order valence-corrected chi connectivity index (χ4v) is 1.87. The molecular weight excluding hydrogens is 211 g/mol. The summed E-state index contributed by atoms with van der Waals surface area (Å²) in [6.07, 6.45) is 2.47. The molecule has 1 saturated carbocycles. The summed E-state index contributed by atoms with van der Waals surface area (Å²) in [7, 11) is 0. The van der Waals surface area contributed by atoms with Gasteiger partial charge in [-0.05, 0) is 31.4 Å². The maximum atomic E-state index is 12.8. The molecule has 1 aliphatic rings. The normalized spacial score (nSPS) is 24.3. The summed E-state index contributed by atoms with van der Waals surface area (Å²) in [5.41, 5.74) is 0. The Hall–Kier alpha value is -1.52. The molecule has 0 aliphatic heterocycles. The van der Waals surface area contributed by atoms with Gasteiger partial charge >= 0.3 is 6.03 Å². The van der Waals surface area contributed by atoms with E-state index in [-0.39, 0.29) is 12.1 Å². The first-order valence-corrected chi connectivity index (χ1v) is 5.45. The van der Waals surface area contributed by atoms with E-state index in [1.54, 1.807) is 18.4 Å². The van der Waals surface area contributed by atoms with Crippen LogP contribution < -0.4 is 10.6 Å². The van der Waals surface area contributed by atoms with E-state index in [9.17, 15) is 9.18 Å². The molecule has 5 heteroatoms. The third kappa shape index (κ3) is 2.98. The molecule has 0 spiro atoms. The molecule has 0 saturated heterocycles. The van der Waals surface area contributed by atoms with E-state index in [4.69, 9.17) is 4.42 Å². The lowest BCUT2D eigenvalue weighted by atomic mass is 10.2. The number of amides is 2. The van der Waals surface area contributed by atoms with Gasteiger partial charge in [0.25, 0.3) is 0 Å². The van der Waals surface area contributed by atoms with Gasteiger partial charge in [0.05, 0.1) is 12.8 Å². The zero-order valence-electron chi connectivity index (χ0n) is 8.91. The van der Waals surface area contributed by atoms with Gasteiger partial charge in [-0.2, -0.15) is 0 Å². The highest BCUT2D eigenvalue weighted by atomic mass is 19.1. The number of carbonyl (C=O) groups is 1. The number of alkyl halides is 1. The van der Waals surface area contributed by atoms with Crippen LogP contribution in [0, 0.1) is 0 Å². The number of hydrogen-bond acceptors (Lipinski definition) is 2. The summed E-state index contributed by atoms with van der Waals surface area (Å²) >= 11 is 0. The minimum Gasteiger partial charge on any atom is -0.467 e. The molecule has 0 bridgehead atoms. The van der Waals surface area contributed by atoms with Gasteiger partial charge in [0.15, 0.2) is 0 Å². The Labute approximate surface area is 93.2 Å². The molecule has 2 rings (SSSR count). The second-order valence-electron chi connectivity index (χ2n) is 4.01. The lowest BCUT2D eigenvalue weighted by Gasteiger charge is -2.12. The molecule has 16 heavy (non-hydrogen) atoms. The second kappa shape index (κ2) is 5.01. The summed E-state index contributed by atoms with van der Waals surface area (Å²) in [4.78, 5) is 11.4. The number of halogens is 1. The highest BCUT2D eigenvalue weighted by Gasteiger charge is 2.25. The van der Waals surface area contributed by atoms with Gasteiger partial charge < -0.3 is 15.1 Å². The third-order valence-corrected chi connectivity index (χ3v) is 2.71. The van der Waals surface area contributed by atoms with E-state index in [1.807, 2.05) is 0 Å². The van der Waals surface area contributed by atoms with Crippen molar-refractivity contribution in [2.75, 3.05) is 0 Å². The molecular formula is C11H15FN2O2. The Morgan fingerprint density at radius 1 is 1.56 bits per heavy atom. The first-order chi connectivity index (χ1) is 7.74. The molecule has 2 atom stereocenters. The Kier molecular flexibility index (Phi) is 3.44. The molecule has 4 nitrogen and oxygen atoms in total. The van der Waals surface area contributed by atoms with Crippen LogP contribution in [0.15, 0.2) is 22.8 Å². The first-order valence-electron chi connectivity index (χ1n) is 5.45. The second-order valence-corrected chi connectivity index (χ2v) is 4.01. The summed E-state index contributed by atoms with van der Waals surface area (Å²) in [6.45, 7) is 0.352. The van der Waals surface area contributed by atoms with Gasteiger partial charge in [-0.3, -0.25) is 0 Å². The van der Waals surface area contributed by atoms with Gasteiger partial charge in [-0.15, -0.1) is 0 Å². The molecule has 88 valence electrons. The number of rotatable bonds is 3. The van der Waals surface area contributed by atoms with Crippen LogP contribution in [-0.4, -0.2) is 18.2 Å². The van der Waals surface area contributed by atoms with Crippen molar-refractivity contribution in [2.24, 2.45) is 0 Å². The van der Waals surface area contributed by atoms with Crippen LogP contribution in [0.2, 0.25) is 0 Å². The van der Waals surface area contributed by atoms with Gasteiger partial charge in [-0.1, -0.05) is 0 Å². The van der Waals surface area contributed by atoms with Crippen molar-refractivity contribution in [1.82, 2.24) is 10.6 Å². The Morgan fingerprint density at radius 3 is 3.06 bits per heavy atom. The maximum Gasteiger partial charge on any atom is 0.315 e. The van der Waals surface area contributed by atoms with Crippen LogP contribution in [0.3, 0.4) is 0 Å². The standard InChI is InChI=1S/C11H15FN2O2/c12-8-3-4-9(6-8)14-11(15)13-7-10-2-1-5-16-10/h1-2,5,8-9H,3-4,6-7H2,(H2,13,14,15). The first kappa shape index (κ1) is 11.0. The predicted octanol–water partition coefficient (Wildman–Crippen LogP) is 1.97. The van der Waals surface area contributed by atoms with E-state index in [1.165, 1.54) is 0 Å². The minimum atomic E-state index is -0.768. The van der Waals surface area contributed by atoms with E-state index in [0.717, 1.165) is 6.42 Å². The van der Waals surface area contributed by atoms with Crippen molar-refractivity contribution >= 4 is 6.03 Å². The summed E-state index contributed by atoms with van der Waals surface area (Å²) < 4.78 is 17.9. The smallest absolute Gasteiger partial charge is 0.315 e. The zero-order valence-corrected chi connectivity index (χ0v) is 8.91. The molecule has 1 aromatic rings. The van der Waals surface area contributed by atoms with Crippen molar-refractivity contribution in [3.63, 3.8) is 0 Å².